The van der Waals surface area contributed by atoms with Crippen LogP contribution in [0.15, 0.2) is 48.5 Å². The number of nitrogens with zero attached hydrogens (tertiary/aromatic N) is 1. The number of fused-ring (bicyclic) bond motifs is 1. The van der Waals surface area contributed by atoms with E-state index in [0.717, 1.165) is 20.8 Å². The minimum atomic E-state index is -0.283. The molecule has 1 heterocycles. The Hall–Kier alpha value is -2.47. The molecule has 0 aliphatic carbocycles. The van der Waals surface area contributed by atoms with Gasteiger partial charge in [-0.3, -0.25) is 0 Å². The molecule has 0 saturated heterocycles. The van der Waals surface area contributed by atoms with Crippen molar-refractivity contribution in [1.29, 1.82) is 0 Å². The normalized spacial score (nSPS) is 12.1. The van der Waals surface area contributed by atoms with E-state index < -0.39 is 0 Å². The third-order valence-corrected chi connectivity index (χ3v) is 4.58. The third-order valence-electron chi connectivity index (χ3n) is 3.38. The molecule has 0 bridgehead atoms. The highest BCUT2D eigenvalue weighted by atomic mass is 32.1. The molecule has 0 spiro atoms. The van der Waals surface area contributed by atoms with Crippen LogP contribution in [-0.2, 0) is 6.54 Å². The van der Waals surface area contributed by atoms with Crippen molar-refractivity contribution in [3.8, 4) is 0 Å². The smallest absolute Gasteiger partial charge is 0.315 e. The molecule has 2 amide bonds. The molecule has 3 rings (SSSR count). The van der Waals surface area contributed by atoms with Gasteiger partial charge in [0, 0.05) is 6.54 Å². The molecule has 0 fully saturated rings. The predicted octanol–water partition coefficient (Wildman–Crippen LogP) is 4.00. The van der Waals surface area contributed by atoms with Crippen molar-refractivity contribution in [2.24, 2.45) is 0 Å². The van der Waals surface area contributed by atoms with Crippen LogP contribution in [0.25, 0.3) is 10.2 Å². The Kier molecular flexibility index (Phi) is 4.52. The summed E-state index contributed by atoms with van der Waals surface area (Å²) in [6.45, 7) is 2.32. The lowest BCUT2D eigenvalue weighted by molar-refractivity contribution is 0.237. The van der Waals surface area contributed by atoms with Crippen LogP contribution in [-0.4, -0.2) is 11.0 Å². The number of amides is 2. The zero-order chi connectivity index (χ0) is 16.2. The first-order valence-electron chi connectivity index (χ1n) is 7.26. The second-order valence-corrected chi connectivity index (χ2v) is 6.26. The van der Waals surface area contributed by atoms with E-state index in [4.69, 9.17) is 0 Å². The number of carbonyl (C=O) groups excluding carboxylic acids is 1. The first-order chi connectivity index (χ1) is 11.1. The Bertz CT molecular complexity index is 819. The Morgan fingerprint density at radius 1 is 1.26 bits per heavy atom. The molecule has 0 unspecified atom stereocenters. The van der Waals surface area contributed by atoms with Crippen molar-refractivity contribution in [3.63, 3.8) is 0 Å². The minimum absolute atomic E-state index is 0.244. The summed E-state index contributed by atoms with van der Waals surface area (Å²) >= 11 is 1.38. The second-order valence-electron chi connectivity index (χ2n) is 5.20. The average molecular weight is 329 g/mol. The van der Waals surface area contributed by atoms with Crippen LogP contribution >= 0.6 is 11.3 Å². The predicted molar refractivity (Wildman–Crippen MR) is 89.8 cm³/mol. The molecule has 0 aliphatic rings. The van der Waals surface area contributed by atoms with Crippen LogP contribution in [0, 0.1) is 5.82 Å². The number of halogens is 1. The number of hydrogen-bond acceptors (Lipinski definition) is 3. The van der Waals surface area contributed by atoms with Crippen molar-refractivity contribution in [1.82, 2.24) is 15.6 Å². The first-order valence-corrected chi connectivity index (χ1v) is 8.08. The zero-order valence-corrected chi connectivity index (χ0v) is 13.4. The summed E-state index contributed by atoms with van der Waals surface area (Å²) in [5.41, 5.74) is 1.77. The molecular weight excluding hydrogens is 313 g/mol. The molecule has 1 aromatic heterocycles. The summed E-state index contributed by atoms with van der Waals surface area (Å²) in [5.74, 6) is -0.283. The molecule has 23 heavy (non-hydrogen) atoms. The molecule has 2 aromatic carbocycles. The fourth-order valence-electron chi connectivity index (χ4n) is 2.19. The highest BCUT2D eigenvalue weighted by Crippen LogP contribution is 2.26. The molecule has 6 heteroatoms. The number of urea groups is 1. The largest absolute Gasteiger partial charge is 0.334 e. The van der Waals surface area contributed by atoms with E-state index in [-0.39, 0.29) is 17.9 Å². The lowest BCUT2D eigenvalue weighted by atomic mass is 10.2. The first kappa shape index (κ1) is 15.4. The van der Waals surface area contributed by atoms with Gasteiger partial charge in [0.25, 0.3) is 0 Å². The average Bonchev–Trinajstić information content (AvgIpc) is 2.97. The van der Waals surface area contributed by atoms with E-state index >= 15 is 0 Å². The number of thiazole rings is 1. The third kappa shape index (κ3) is 3.84. The van der Waals surface area contributed by atoms with Crippen LogP contribution in [0.1, 0.15) is 23.5 Å². The minimum Gasteiger partial charge on any atom is -0.334 e. The van der Waals surface area contributed by atoms with Crippen LogP contribution in [0.4, 0.5) is 9.18 Å². The van der Waals surface area contributed by atoms with Gasteiger partial charge in [-0.25, -0.2) is 14.2 Å². The van der Waals surface area contributed by atoms with Gasteiger partial charge in [-0.05, 0) is 30.7 Å². The number of benzene rings is 2. The van der Waals surface area contributed by atoms with E-state index in [2.05, 4.69) is 15.6 Å². The Balaban J connectivity index is 1.61. The monoisotopic (exact) mass is 329 g/mol. The molecular formula is C17H16FN3OS. The van der Waals surface area contributed by atoms with Gasteiger partial charge >= 0.3 is 6.03 Å². The summed E-state index contributed by atoms with van der Waals surface area (Å²) in [6, 6.07) is 13.7. The highest BCUT2D eigenvalue weighted by molar-refractivity contribution is 7.18. The van der Waals surface area contributed by atoms with E-state index in [1.807, 2.05) is 37.3 Å². The second kappa shape index (κ2) is 6.75. The van der Waals surface area contributed by atoms with Crippen molar-refractivity contribution in [2.45, 2.75) is 19.5 Å². The van der Waals surface area contributed by atoms with Gasteiger partial charge in [-0.1, -0.05) is 30.3 Å². The van der Waals surface area contributed by atoms with E-state index in [1.54, 1.807) is 6.07 Å². The van der Waals surface area contributed by atoms with Gasteiger partial charge in [-0.2, -0.15) is 0 Å². The van der Waals surface area contributed by atoms with Gasteiger partial charge in [0.1, 0.15) is 10.8 Å². The van der Waals surface area contributed by atoms with Gasteiger partial charge in [0.15, 0.2) is 0 Å². The van der Waals surface area contributed by atoms with Gasteiger partial charge in [0.2, 0.25) is 0 Å². The molecule has 2 N–H and O–H groups in total. The van der Waals surface area contributed by atoms with Crippen molar-refractivity contribution < 1.29 is 9.18 Å². The summed E-state index contributed by atoms with van der Waals surface area (Å²) in [5, 5.41) is 6.41. The Labute approximate surface area is 137 Å². The van der Waals surface area contributed by atoms with Crippen molar-refractivity contribution in [3.05, 3.63) is 64.9 Å². The van der Waals surface area contributed by atoms with E-state index in [9.17, 15) is 9.18 Å². The number of nitrogens with one attached hydrogen (secondary N) is 2. The quantitative estimate of drug-likeness (QED) is 0.760. The maximum atomic E-state index is 13.2. The molecule has 4 nitrogen and oxygen atoms in total. The van der Waals surface area contributed by atoms with Gasteiger partial charge in [-0.15, -0.1) is 11.3 Å². The van der Waals surface area contributed by atoms with E-state index in [1.165, 1.54) is 23.5 Å². The van der Waals surface area contributed by atoms with Crippen LogP contribution in [0.2, 0.25) is 0 Å². The number of rotatable bonds is 4. The van der Waals surface area contributed by atoms with Crippen molar-refractivity contribution >= 4 is 27.6 Å². The number of aromatic nitrogens is 1. The highest BCUT2D eigenvalue weighted by Gasteiger charge is 2.14. The molecule has 3 aromatic rings. The number of carbonyl (C=O) groups is 1. The van der Waals surface area contributed by atoms with Crippen LogP contribution in [0.3, 0.4) is 0 Å². The van der Waals surface area contributed by atoms with Gasteiger partial charge in [0.05, 0.1) is 16.3 Å². The summed E-state index contributed by atoms with van der Waals surface area (Å²) in [4.78, 5) is 16.4. The van der Waals surface area contributed by atoms with Gasteiger partial charge < -0.3 is 10.6 Å². The van der Waals surface area contributed by atoms with Crippen LogP contribution < -0.4 is 10.6 Å². The summed E-state index contributed by atoms with van der Waals surface area (Å²) in [6.07, 6.45) is 0. The van der Waals surface area contributed by atoms with Crippen LogP contribution in [0.5, 0.6) is 0 Å². The molecule has 0 radical (unpaired) electrons. The molecule has 0 aliphatic heterocycles. The maximum absolute atomic E-state index is 13.2. The fourth-order valence-corrected chi connectivity index (χ4v) is 3.18. The molecule has 118 valence electrons. The number of hydrogen-bond donors (Lipinski definition) is 2. The van der Waals surface area contributed by atoms with Crippen molar-refractivity contribution in [2.75, 3.05) is 0 Å². The maximum Gasteiger partial charge on any atom is 0.315 e. The standard InChI is InChI=1S/C17H16FN3OS/c1-11(16-21-14-8-7-13(18)9-15(14)23-16)20-17(22)19-10-12-5-3-2-4-6-12/h2-9,11H,10H2,1H3,(H2,19,20,22)/t11-/m1/s1. The van der Waals surface area contributed by atoms with E-state index in [0.29, 0.717) is 6.54 Å². The lowest BCUT2D eigenvalue weighted by Gasteiger charge is -2.12. The topological polar surface area (TPSA) is 54.0 Å². The SMILES string of the molecule is C[C@@H](NC(=O)NCc1ccccc1)c1nc2ccc(F)cc2s1. The zero-order valence-electron chi connectivity index (χ0n) is 12.5. The summed E-state index contributed by atoms with van der Waals surface area (Å²) < 4.78 is 14.0. The Morgan fingerprint density at radius 2 is 2.04 bits per heavy atom. The molecule has 1 atom stereocenters. The summed E-state index contributed by atoms with van der Waals surface area (Å²) in [7, 11) is 0. The Morgan fingerprint density at radius 3 is 2.83 bits per heavy atom. The fraction of sp³-hybridized carbons (Fsp3) is 0.176. The molecule has 0 saturated carbocycles. The lowest BCUT2D eigenvalue weighted by Crippen LogP contribution is -2.36.